The van der Waals surface area contributed by atoms with E-state index < -0.39 is 0 Å². The first kappa shape index (κ1) is 17.2. The van der Waals surface area contributed by atoms with E-state index in [9.17, 15) is 0 Å². The van der Waals surface area contributed by atoms with Gasteiger partial charge < -0.3 is 5.32 Å². The van der Waals surface area contributed by atoms with Gasteiger partial charge in [0.15, 0.2) is 0 Å². The van der Waals surface area contributed by atoms with E-state index in [1.165, 1.54) is 0 Å². The van der Waals surface area contributed by atoms with Gasteiger partial charge >= 0.3 is 0 Å². The van der Waals surface area contributed by atoms with Crippen molar-refractivity contribution in [2.24, 2.45) is 17.8 Å². The van der Waals surface area contributed by atoms with Crippen LogP contribution in [0.1, 0.15) is 54.3 Å². The summed E-state index contributed by atoms with van der Waals surface area (Å²) in [7, 11) is 0. The van der Waals surface area contributed by atoms with Gasteiger partial charge in [0.1, 0.15) is 12.2 Å². The van der Waals surface area contributed by atoms with Gasteiger partial charge in [-0.05, 0) is 45.1 Å². The van der Waals surface area contributed by atoms with Gasteiger partial charge in [0.05, 0.1) is 0 Å². The fraction of sp³-hybridized carbons (Fsp3) is 0.875. The number of hydrogen-bond acceptors (Lipinski definition) is 3. The number of nitrogens with zero attached hydrogens (tertiary/aromatic N) is 3. The van der Waals surface area contributed by atoms with Crippen LogP contribution in [0.15, 0.2) is 6.33 Å². The van der Waals surface area contributed by atoms with E-state index in [0.717, 1.165) is 25.3 Å². The molecule has 116 valence electrons. The lowest BCUT2D eigenvalue weighted by molar-refractivity contribution is 0.310. The third kappa shape index (κ3) is 6.04. The lowest BCUT2D eigenvalue weighted by Gasteiger charge is -2.26. The Bertz CT molecular complexity index is 389. The highest BCUT2D eigenvalue weighted by Gasteiger charge is 2.18. The maximum Gasteiger partial charge on any atom is 0.138 e. The summed E-state index contributed by atoms with van der Waals surface area (Å²) < 4.78 is 2.06. The van der Waals surface area contributed by atoms with E-state index in [1.807, 2.05) is 0 Å². The molecule has 0 radical (unpaired) electrons. The first-order valence-electron chi connectivity index (χ1n) is 7.80. The van der Waals surface area contributed by atoms with Crippen molar-refractivity contribution in [3.05, 3.63) is 12.2 Å². The molecule has 0 aliphatic carbocycles. The minimum absolute atomic E-state index is 0.186. The van der Waals surface area contributed by atoms with Crippen LogP contribution in [-0.2, 0) is 13.0 Å². The van der Waals surface area contributed by atoms with Gasteiger partial charge in [-0.1, -0.05) is 27.7 Å². The summed E-state index contributed by atoms with van der Waals surface area (Å²) in [5.41, 5.74) is 0.186. The number of nitrogens with one attached hydrogen (secondary N) is 1. The molecule has 0 aliphatic rings. The van der Waals surface area contributed by atoms with Crippen LogP contribution < -0.4 is 5.32 Å². The lowest BCUT2D eigenvalue weighted by atomic mass is 9.91. The summed E-state index contributed by atoms with van der Waals surface area (Å²) >= 11 is 0. The molecule has 1 aromatic rings. The van der Waals surface area contributed by atoms with Crippen LogP contribution in [0.5, 0.6) is 0 Å². The Labute approximate surface area is 124 Å². The quantitative estimate of drug-likeness (QED) is 0.834. The van der Waals surface area contributed by atoms with Gasteiger partial charge in [0.25, 0.3) is 0 Å². The molecule has 1 heterocycles. The minimum Gasteiger partial charge on any atom is -0.312 e. The number of hydrogen-bond donors (Lipinski definition) is 1. The van der Waals surface area contributed by atoms with Crippen molar-refractivity contribution in [1.29, 1.82) is 0 Å². The molecule has 1 N–H and O–H groups in total. The van der Waals surface area contributed by atoms with Gasteiger partial charge in [-0.15, -0.1) is 0 Å². The van der Waals surface area contributed by atoms with E-state index in [2.05, 4.69) is 68.5 Å². The minimum atomic E-state index is 0.186. The Morgan fingerprint density at radius 2 is 1.80 bits per heavy atom. The van der Waals surface area contributed by atoms with Crippen molar-refractivity contribution in [2.75, 3.05) is 6.54 Å². The maximum absolute atomic E-state index is 4.43. The third-order valence-electron chi connectivity index (χ3n) is 3.66. The molecule has 0 saturated heterocycles. The zero-order valence-corrected chi connectivity index (χ0v) is 14.3. The molecule has 0 spiro atoms. The SMILES string of the molecule is CC(C)Cn1ncnc1CC(C)C(C)CNC(C)(C)C. The lowest BCUT2D eigenvalue weighted by Crippen LogP contribution is -2.40. The van der Waals surface area contributed by atoms with E-state index in [0.29, 0.717) is 17.8 Å². The Balaban J connectivity index is 2.53. The predicted octanol–water partition coefficient (Wildman–Crippen LogP) is 3.14. The summed E-state index contributed by atoms with van der Waals surface area (Å²) in [4.78, 5) is 4.43. The average molecular weight is 280 g/mol. The molecule has 0 saturated carbocycles. The van der Waals surface area contributed by atoms with Crippen LogP contribution in [0.3, 0.4) is 0 Å². The fourth-order valence-corrected chi connectivity index (χ4v) is 2.10. The molecule has 4 nitrogen and oxygen atoms in total. The molecule has 2 atom stereocenters. The highest BCUT2D eigenvalue weighted by atomic mass is 15.3. The van der Waals surface area contributed by atoms with Crippen molar-refractivity contribution in [1.82, 2.24) is 20.1 Å². The standard InChI is InChI=1S/C16H32N4/c1-12(2)10-20-15(17-11-19-20)8-13(3)14(4)9-18-16(5,6)7/h11-14,18H,8-10H2,1-7H3. The molecule has 1 rings (SSSR count). The Hall–Kier alpha value is -0.900. The van der Waals surface area contributed by atoms with Crippen molar-refractivity contribution < 1.29 is 0 Å². The molecule has 20 heavy (non-hydrogen) atoms. The summed E-state index contributed by atoms with van der Waals surface area (Å²) in [6, 6.07) is 0. The van der Waals surface area contributed by atoms with Crippen LogP contribution in [0, 0.1) is 17.8 Å². The Kier molecular flexibility index (Phi) is 6.18. The van der Waals surface area contributed by atoms with E-state index in [1.54, 1.807) is 6.33 Å². The largest absolute Gasteiger partial charge is 0.312 e. The van der Waals surface area contributed by atoms with Crippen LogP contribution in [-0.4, -0.2) is 26.8 Å². The normalized spacial score (nSPS) is 15.6. The fourth-order valence-electron chi connectivity index (χ4n) is 2.10. The van der Waals surface area contributed by atoms with Gasteiger partial charge in [0.2, 0.25) is 0 Å². The van der Waals surface area contributed by atoms with Crippen molar-refractivity contribution >= 4 is 0 Å². The van der Waals surface area contributed by atoms with Gasteiger partial charge in [-0.2, -0.15) is 5.10 Å². The molecule has 1 aromatic heterocycles. The molecule has 0 fully saturated rings. The van der Waals surface area contributed by atoms with Crippen molar-refractivity contribution in [3.63, 3.8) is 0 Å². The summed E-state index contributed by atoms with van der Waals surface area (Å²) in [5.74, 6) is 2.94. The Morgan fingerprint density at radius 1 is 1.15 bits per heavy atom. The molecular formula is C16H32N4. The average Bonchev–Trinajstić information content (AvgIpc) is 2.71. The number of aromatic nitrogens is 3. The summed E-state index contributed by atoms with van der Waals surface area (Å²) in [6.07, 6.45) is 2.68. The topological polar surface area (TPSA) is 42.7 Å². The maximum atomic E-state index is 4.43. The molecule has 0 aliphatic heterocycles. The second-order valence-corrected chi connectivity index (χ2v) is 7.54. The molecule has 4 heteroatoms. The second-order valence-electron chi connectivity index (χ2n) is 7.54. The number of rotatable bonds is 7. The van der Waals surface area contributed by atoms with E-state index in [4.69, 9.17) is 0 Å². The van der Waals surface area contributed by atoms with Gasteiger partial charge in [0, 0.05) is 18.5 Å². The first-order valence-corrected chi connectivity index (χ1v) is 7.80. The first-order chi connectivity index (χ1) is 9.19. The zero-order valence-electron chi connectivity index (χ0n) is 14.3. The highest BCUT2D eigenvalue weighted by Crippen LogP contribution is 2.16. The van der Waals surface area contributed by atoms with Crippen LogP contribution in [0.4, 0.5) is 0 Å². The molecule has 2 unspecified atom stereocenters. The van der Waals surface area contributed by atoms with Gasteiger partial charge in [-0.25, -0.2) is 9.67 Å². The van der Waals surface area contributed by atoms with Crippen LogP contribution >= 0.6 is 0 Å². The highest BCUT2D eigenvalue weighted by molar-refractivity contribution is 4.88. The summed E-state index contributed by atoms with van der Waals surface area (Å²) in [5, 5.41) is 7.93. The predicted molar refractivity (Wildman–Crippen MR) is 84.6 cm³/mol. The molecule has 0 amide bonds. The summed E-state index contributed by atoms with van der Waals surface area (Å²) in [6.45, 7) is 17.7. The third-order valence-corrected chi connectivity index (χ3v) is 3.66. The van der Waals surface area contributed by atoms with Crippen LogP contribution in [0.25, 0.3) is 0 Å². The van der Waals surface area contributed by atoms with Crippen molar-refractivity contribution in [3.8, 4) is 0 Å². The van der Waals surface area contributed by atoms with Crippen LogP contribution in [0.2, 0.25) is 0 Å². The second kappa shape index (κ2) is 7.21. The molecule has 0 bridgehead atoms. The van der Waals surface area contributed by atoms with Crippen molar-refractivity contribution in [2.45, 2.75) is 67.0 Å². The molecular weight excluding hydrogens is 248 g/mol. The van der Waals surface area contributed by atoms with Gasteiger partial charge in [-0.3, -0.25) is 0 Å². The smallest absolute Gasteiger partial charge is 0.138 e. The van der Waals surface area contributed by atoms with E-state index >= 15 is 0 Å². The zero-order chi connectivity index (χ0) is 15.3. The van der Waals surface area contributed by atoms with E-state index in [-0.39, 0.29) is 5.54 Å². The molecule has 0 aromatic carbocycles. The Morgan fingerprint density at radius 3 is 2.35 bits per heavy atom. The monoisotopic (exact) mass is 280 g/mol.